The number of hydrogen-bond acceptors (Lipinski definition) is 4. The first-order chi connectivity index (χ1) is 10.3. The minimum absolute atomic E-state index is 0.192. The third kappa shape index (κ3) is 3.17. The van der Waals surface area contributed by atoms with E-state index in [1.165, 1.54) is 24.8 Å². The Hall–Kier alpha value is -1.65. The molecule has 1 N–H and O–H groups in total. The molecule has 0 spiro atoms. The van der Waals surface area contributed by atoms with E-state index in [0.717, 1.165) is 50.3 Å². The van der Waals surface area contributed by atoms with Crippen LogP contribution in [-0.4, -0.2) is 39.9 Å². The van der Waals surface area contributed by atoms with Gasteiger partial charge in [0.15, 0.2) is 0 Å². The van der Waals surface area contributed by atoms with E-state index in [4.69, 9.17) is 0 Å². The Morgan fingerprint density at radius 3 is 2.71 bits per heavy atom. The number of likely N-dealkylation sites (tertiary alicyclic amines) is 1. The smallest absolute Gasteiger partial charge is 0.244 e. The van der Waals surface area contributed by atoms with Gasteiger partial charge in [-0.05, 0) is 51.9 Å². The van der Waals surface area contributed by atoms with E-state index >= 15 is 0 Å². The van der Waals surface area contributed by atoms with Crippen LogP contribution in [0.2, 0.25) is 0 Å². The molecule has 2 aliphatic rings. The number of aryl methyl sites for hydroxylation is 1. The van der Waals surface area contributed by atoms with Crippen LogP contribution in [0.1, 0.15) is 50.3 Å². The van der Waals surface area contributed by atoms with Crippen LogP contribution in [0.3, 0.4) is 0 Å². The van der Waals surface area contributed by atoms with E-state index in [1.807, 2.05) is 11.8 Å². The number of carbonyl (C=O) groups is 1. The Balaban J connectivity index is 1.69. The van der Waals surface area contributed by atoms with Gasteiger partial charge in [-0.25, -0.2) is 9.97 Å². The summed E-state index contributed by atoms with van der Waals surface area (Å²) in [5.74, 6) is 1.05. The van der Waals surface area contributed by atoms with Crippen molar-refractivity contribution in [2.45, 2.75) is 57.9 Å². The lowest BCUT2D eigenvalue weighted by atomic mass is 9.96. The average Bonchev–Trinajstić information content (AvgIpc) is 2.55. The van der Waals surface area contributed by atoms with E-state index in [-0.39, 0.29) is 11.9 Å². The topological polar surface area (TPSA) is 58.1 Å². The van der Waals surface area contributed by atoms with Crippen molar-refractivity contribution in [3.63, 3.8) is 0 Å². The predicted octanol–water partition coefficient (Wildman–Crippen LogP) is 2.17. The molecule has 1 aromatic rings. The maximum Gasteiger partial charge on any atom is 0.244 e. The summed E-state index contributed by atoms with van der Waals surface area (Å²) in [5, 5.41) is 3.32. The van der Waals surface area contributed by atoms with Gasteiger partial charge in [-0.2, -0.15) is 0 Å². The van der Waals surface area contributed by atoms with Crippen molar-refractivity contribution >= 4 is 11.7 Å². The zero-order valence-electron chi connectivity index (χ0n) is 12.8. The van der Waals surface area contributed by atoms with Crippen LogP contribution in [0.25, 0.3) is 0 Å². The molecule has 0 radical (unpaired) electrons. The minimum atomic E-state index is -0.218. The molecule has 1 atom stereocenters. The number of piperidine rings is 1. The summed E-state index contributed by atoms with van der Waals surface area (Å²) < 4.78 is 0. The summed E-state index contributed by atoms with van der Waals surface area (Å²) in [6.45, 7) is 3.73. The van der Waals surface area contributed by atoms with Gasteiger partial charge in [-0.15, -0.1) is 0 Å². The number of anilines is 1. The molecule has 1 unspecified atom stereocenters. The Kier molecular flexibility index (Phi) is 4.36. The number of fused-ring (bicyclic) bond motifs is 1. The monoisotopic (exact) mass is 288 g/mol. The highest BCUT2D eigenvalue weighted by Crippen LogP contribution is 2.25. The Labute approximate surface area is 126 Å². The van der Waals surface area contributed by atoms with E-state index in [2.05, 4.69) is 15.3 Å². The lowest BCUT2D eigenvalue weighted by Crippen LogP contribution is -2.44. The highest BCUT2D eigenvalue weighted by atomic mass is 16.2. The molecule has 1 aliphatic carbocycles. The fraction of sp³-hybridized carbons (Fsp3) is 0.688. The van der Waals surface area contributed by atoms with E-state index in [0.29, 0.717) is 0 Å². The van der Waals surface area contributed by atoms with Crippen LogP contribution in [0, 0.1) is 0 Å². The Bertz CT molecular complexity index is 511. The second-order valence-corrected chi connectivity index (χ2v) is 6.11. The second-order valence-electron chi connectivity index (χ2n) is 6.11. The summed E-state index contributed by atoms with van der Waals surface area (Å²) >= 11 is 0. The van der Waals surface area contributed by atoms with Crippen LogP contribution in [0.5, 0.6) is 0 Å². The number of hydrogen-bond donors (Lipinski definition) is 1. The molecule has 114 valence electrons. The van der Waals surface area contributed by atoms with Crippen molar-refractivity contribution in [3.05, 3.63) is 17.6 Å². The molecular formula is C16H24N4O. The van der Waals surface area contributed by atoms with Crippen molar-refractivity contribution < 1.29 is 4.79 Å². The maximum absolute atomic E-state index is 12.5. The van der Waals surface area contributed by atoms with E-state index in [9.17, 15) is 4.79 Å². The normalized spacial score (nSPS) is 19.8. The van der Waals surface area contributed by atoms with Crippen LogP contribution in [0.15, 0.2) is 6.33 Å². The number of carbonyl (C=O) groups excluding carboxylic acids is 1. The summed E-state index contributed by atoms with van der Waals surface area (Å²) in [4.78, 5) is 23.2. The number of aromatic nitrogens is 2. The number of nitrogens with zero attached hydrogens (tertiary/aromatic N) is 3. The standard InChI is InChI=1S/C16H24N4O/c1-12(16(21)20-9-5-2-6-10-20)19-15-13-7-3-4-8-14(13)17-11-18-15/h11-12H,2-10H2,1H3,(H,17,18,19). The molecule has 1 aromatic heterocycles. The maximum atomic E-state index is 12.5. The molecule has 0 saturated carbocycles. The van der Waals surface area contributed by atoms with Crippen molar-refractivity contribution in [3.8, 4) is 0 Å². The van der Waals surface area contributed by atoms with Gasteiger partial charge in [0.25, 0.3) is 0 Å². The van der Waals surface area contributed by atoms with Gasteiger partial charge in [0.1, 0.15) is 18.2 Å². The predicted molar refractivity (Wildman–Crippen MR) is 82.2 cm³/mol. The first kappa shape index (κ1) is 14.3. The van der Waals surface area contributed by atoms with Gasteiger partial charge in [-0.3, -0.25) is 4.79 Å². The third-order valence-corrected chi connectivity index (χ3v) is 4.52. The Morgan fingerprint density at radius 1 is 1.14 bits per heavy atom. The van der Waals surface area contributed by atoms with Crippen molar-refractivity contribution in [1.82, 2.24) is 14.9 Å². The molecule has 1 saturated heterocycles. The molecule has 3 rings (SSSR count). The number of nitrogens with one attached hydrogen (secondary N) is 1. The molecule has 5 nitrogen and oxygen atoms in total. The first-order valence-corrected chi connectivity index (χ1v) is 8.14. The van der Waals surface area contributed by atoms with Crippen LogP contribution in [0.4, 0.5) is 5.82 Å². The fourth-order valence-electron chi connectivity index (χ4n) is 3.30. The molecule has 1 aliphatic heterocycles. The van der Waals surface area contributed by atoms with Crippen LogP contribution in [-0.2, 0) is 17.6 Å². The van der Waals surface area contributed by atoms with Gasteiger partial charge in [0.2, 0.25) is 5.91 Å². The minimum Gasteiger partial charge on any atom is -0.358 e. The summed E-state index contributed by atoms with van der Waals surface area (Å²) in [5.41, 5.74) is 2.36. The number of amides is 1. The SMILES string of the molecule is CC(Nc1ncnc2c1CCCC2)C(=O)N1CCCCC1. The average molecular weight is 288 g/mol. The summed E-state index contributed by atoms with van der Waals surface area (Å²) in [6, 6.07) is -0.218. The quantitative estimate of drug-likeness (QED) is 0.926. The molecule has 1 fully saturated rings. The van der Waals surface area contributed by atoms with Gasteiger partial charge in [0, 0.05) is 24.3 Å². The van der Waals surface area contributed by atoms with Gasteiger partial charge < -0.3 is 10.2 Å². The molecule has 0 bridgehead atoms. The lowest BCUT2D eigenvalue weighted by Gasteiger charge is -2.30. The zero-order valence-corrected chi connectivity index (χ0v) is 12.8. The molecule has 0 aromatic carbocycles. The van der Waals surface area contributed by atoms with Crippen LogP contribution < -0.4 is 5.32 Å². The number of rotatable bonds is 3. The third-order valence-electron chi connectivity index (χ3n) is 4.52. The zero-order chi connectivity index (χ0) is 14.7. The van der Waals surface area contributed by atoms with Crippen molar-refractivity contribution in [1.29, 1.82) is 0 Å². The molecule has 1 amide bonds. The largest absolute Gasteiger partial charge is 0.358 e. The summed E-state index contributed by atoms with van der Waals surface area (Å²) in [6.07, 6.45) is 9.54. The fourth-order valence-corrected chi connectivity index (χ4v) is 3.30. The van der Waals surface area contributed by atoms with Gasteiger partial charge in [0.05, 0.1) is 0 Å². The Morgan fingerprint density at radius 2 is 1.90 bits per heavy atom. The van der Waals surface area contributed by atoms with Gasteiger partial charge >= 0.3 is 0 Å². The molecule has 5 heteroatoms. The summed E-state index contributed by atoms with van der Waals surface area (Å²) in [7, 11) is 0. The molecule has 21 heavy (non-hydrogen) atoms. The van der Waals surface area contributed by atoms with Gasteiger partial charge in [-0.1, -0.05) is 0 Å². The highest BCUT2D eigenvalue weighted by Gasteiger charge is 2.24. The van der Waals surface area contributed by atoms with Crippen molar-refractivity contribution in [2.24, 2.45) is 0 Å². The first-order valence-electron chi connectivity index (χ1n) is 8.14. The molecular weight excluding hydrogens is 264 g/mol. The van der Waals surface area contributed by atoms with E-state index in [1.54, 1.807) is 6.33 Å². The second kappa shape index (κ2) is 6.41. The van der Waals surface area contributed by atoms with Crippen LogP contribution >= 0.6 is 0 Å². The van der Waals surface area contributed by atoms with E-state index < -0.39 is 0 Å². The highest BCUT2D eigenvalue weighted by molar-refractivity contribution is 5.84. The molecule has 2 heterocycles. The lowest BCUT2D eigenvalue weighted by molar-refractivity contribution is -0.132. The van der Waals surface area contributed by atoms with Crippen molar-refractivity contribution in [2.75, 3.05) is 18.4 Å².